The van der Waals surface area contributed by atoms with Gasteiger partial charge in [-0.3, -0.25) is 4.79 Å². The molecular weight excluding hydrogens is 384 g/mol. The number of hydrogen-bond acceptors (Lipinski definition) is 4. The van der Waals surface area contributed by atoms with Gasteiger partial charge in [-0.15, -0.1) is 0 Å². The van der Waals surface area contributed by atoms with Crippen molar-refractivity contribution in [3.05, 3.63) is 58.1 Å². The minimum atomic E-state index is -0.267. The molecule has 0 radical (unpaired) electrons. The minimum Gasteiger partial charge on any atom is -0.490 e. The Balaban J connectivity index is 2.03. The molecule has 1 N–H and O–H groups in total. The molecule has 0 bridgehead atoms. The Kier molecular flexibility index (Phi) is 7.47. The minimum absolute atomic E-state index is 0.267. The van der Waals surface area contributed by atoms with Crippen molar-refractivity contribution in [1.29, 1.82) is 0 Å². The van der Waals surface area contributed by atoms with Crippen molar-refractivity contribution in [3.8, 4) is 11.5 Å². The molecule has 1 amide bonds. The first-order valence-corrected chi connectivity index (χ1v) is 8.92. The van der Waals surface area contributed by atoms with Crippen LogP contribution in [0, 0.1) is 0 Å². The van der Waals surface area contributed by atoms with Gasteiger partial charge < -0.3 is 9.47 Å². The van der Waals surface area contributed by atoms with Crippen molar-refractivity contribution in [2.45, 2.75) is 20.3 Å². The Morgan fingerprint density at radius 3 is 2.56 bits per heavy atom. The van der Waals surface area contributed by atoms with E-state index in [2.05, 4.69) is 33.4 Å². The van der Waals surface area contributed by atoms with Crippen molar-refractivity contribution < 1.29 is 14.3 Å². The number of nitrogens with one attached hydrogen (secondary N) is 1. The topological polar surface area (TPSA) is 59.9 Å². The molecule has 0 aliphatic carbocycles. The van der Waals surface area contributed by atoms with Crippen LogP contribution in [-0.2, 0) is 0 Å². The van der Waals surface area contributed by atoms with Crippen LogP contribution in [0.1, 0.15) is 36.2 Å². The third kappa shape index (κ3) is 5.90. The zero-order valence-electron chi connectivity index (χ0n) is 14.3. The summed E-state index contributed by atoms with van der Waals surface area (Å²) in [5.74, 6) is 1.11. The lowest BCUT2D eigenvalue weighted by Gasteiger charge is -2.11. The number of rotatable bonds is 8. The first-order valence-electron chi connectivity index (χ1n) is 8.12. The highest BCUT2D eigenvalue weighted by Gasteiger charge is 2.06. The summed E-state index contributed by atoms with van der Waals surface area (Å²) < 4.78 is 12.2. The third-order valence-electron chi connectivity index (χ3n) is 3.22. The quantitative estimate of drug-likeness (QED) is 0.523. The zero-order valence-corrected chi connectivity index (χ0v) is 15.9. The Bertz CT molecular complexity index is 730. The van der Waals surface area contributed by atoms with Gasteiger partial charge in [0.2, 0.25) is 0 Å². The van der Waals surface area contributed by atoms with Crippen LogP contribution >= 0.6 is 15.9 Å². The fourth-order valence-electron chi connectivity index (χ4n) is 2.04. The van der Waals surface area contributed by atoms with E-state index in [0.29, 0.717) is 30.3 Å². The standard InChI is InChI=1S/C19H21BrN2O3/c1-3-11-25-17-10-5-14(12-18(17)24-4-2)13-21-22-19(23)15-6-8-16(20)9-7-15/h5-10,12-13H,3-4,11H2,1-2H3,(H,22,23)/b21-13-. The summed E-state index contributed by atoms with van der Waals surface area (Å²) in [6.45, 7) is 5.15. The van der Waals surface area contributed by atoms with E-state index < -0.39 is 0 Å². The van der Waals surface area contributed by atoms with Gasteiger partial charge in [-0.1, -0.05) is 22.9 Å². The predicted octanol–water partition coefficient (Wildman–Crippen LogP) is 4.40. The Hall–Kier alpha value is -2.34. The molecule has 0 saturated heterocycles. The van der Waals surface area contributed by atoms with Crippen molar-refractivity contribution in [2.24, 2.45) is 5.10 Å². The average molecular weight is 405 g/mol. The second-order valence-electron chi connectivity index (χ2n) is 5.19. The van der Waals surface area contributed by atoms with Crippen LogP contribution in [-0.4, -0.2) is 25.3 Å². The SMILES string of the molecule is CCCOc1ccc(/C=N\NC(=O)c2ccc(Br)cc2)cc1OCC. The molecule has 6 heteroatoms. The summed E-state index contributed by atoms with van der Waals surface area (Å²) in [5.41, 5.74) is 3.86. The summed E-state index contributed by atoms with van der Waals surface area (Å²) >= 11 is 3.34. The van der Waals surface area contributed by atoms with Gasteiger partial charge in [-0.05, 0) is 61.4 Å². The number of hydrazone groups is 1. The molecule has 0 spiro atoms. The lowest BCUT2D eigenvalue weighted by molar-refractivity contribution is 0.0955. The molecule has 5 nitrogen and oxygen atoms in total. The van der Waals surface area contributed by atoms with Crippen molar-refractivity contribution in [2.75, 3.05) is 13.2 Å². The molecule has 2 aromatic carbocycles. The van der Waals surface area contributed by atoms with Crippen LogP contribution in [0.2, 0.25) is 0 Å². The molecule has 0 unspecified atom stereocenters. The molecule has 0 aliphatic heterocycles. The highest BCUT2D eigenvalue weighted by atomic mass is 79.9. The first-order chi connectivity index (χ1) is 12.1. The summed E-state index contributed by atoms with van der Waals surface area (Å²) in [6, 6.07) is 12.6. The van der Waals surface area contributed by atoms with Crippen LogP contribution in [0.25, 0.3) is 0 Å². The fraction of sp³-hybridized carbons (Fsp3) is 0.263. The molecule has 0 fully saturated rings. The number of ether oxygens (including phenoxy) is 2. The monoisotopic (exact) mass is 404 g/mol. The van der Waals surface area contributed by atoms with Crippen LogP contribution < -0.4 is 14.9 Å². The van der Waals surface area contributed by atoms with Gasteiger partial charge in [0, 0.05) is 10.0 Å². The molecule has 0 saturated carbocycles. The average Bonchev–Trinajstić information content (AvgIpc) is 2.62. The van der Waals surface area contributed by atoms with Gasteiger partial charge in [0.15, 0.2) is 11.5 Å². The van der Waals surface area contributed by atoms with Crippen LogP contribution in [0.5, 0.6) is 11.5 Å². The molecular formula is C19H21BrN2O3. The summed E-state index contributed by atoms with van der Waals surface area (Å²) in [5, 5.41) is 4.00. The van der Waals surface area contributed by atoms with Crippen molar-refractivity contribution in [3.63, 3.8) is 0 Å². The van der Waals surface area contributed by atoms with E-state index in [9.17, 15) is 4.79 Å². The van der Waals surface area contributed by atoms with Crippen molar-refractivity contribution in [1.82, 2.24) is 5.43 Å². The molecule has 25 heavy (non-hydrogen) atoms. The van der Waals surface area contributed by atoms with Crippen molar-refractivity contribution >= 4 is 28.1 Å². The molecule has 0 heterocycles. The van der Waals surface area contributed by atoms with E-state index in [-0.39, 0.29) is 5.91 Å². The normalized spacial score (nSPS) is 10.7. The largest absolute Gasteiger partial charge is 0.490 e. The number of nitrogens with zero attached hydrogens (tertiary/aromatic N) is 1. The Morgan fingerprint density at radius 2 is 1.88 bits per heavy atom. The van der Waals surface area contributed by atoms with Crippen LogP contribution in [0.3, 0.4) is 0 Å². The predicted molar refractivity (Wildman–Crippen MR) is 103 cm³/mol. The van der Waals surface area contributed by atoms with Crippen LogP contribution in [0.15, 0.2) is 52.0 Å². The van der Waals surface area contributed by atoms with Gasteiger partial charge in [-0.2, -0.15) is 5.10 Å². The molecule has 2 aromatic rings. The highest BCUT2D eigenvalue weighted by Crippen LogP contribution is 2.28. The molecule has 0 aliphatic rings. The fourth-order valence-corrected chi connectivity index (χ4v) is 2.30. The lowest BCUT2D eigenvalue weighted by Crippen LogP contribution is -2.17. The summed E-state index contributed by atoms with van der Waals surface area (Å²) in [4.78, 5) is 12.0. The molecule has 0 atom stereocenters. The number of benzene rings is 2. The third-order valence-corrected chi connectivity index (χ3v) is 3.74. The number of carbonyl (C=O) groups is 1. The number of amides is 1. The zero-order chi connectivity index (χ0) is 18.1. The first kappa shape index (κ1) is 19.0. The second-order valence-corrected chi connectivity index (χ2v) is 6.11. The maximum Gasteiger partial charge on any atom is 0.271 e. The maximum absolute atomic E-state index is 12.0. The summed E-state index contributed by atoms with van der Waals surface area (Å²) in [7, 11) is 0. The van der Waals surface area contributed by atoms with Crippen LogP contribution in [0.4, 0.5) is 0 Å². The van der Waals surface area contributed by atoms with E-state index in [4.69, 9.17) is 9.47 Å². The maximum atomic E-state index is 12.0. The van der Waals surface area contributed by atoms with E-state index in [0.717, 1.165) is 16.5 Å². The molecule has 132 valence electrons. The van der Waals surface area contributed by atoms with E-state index >= 15 is 0 Å². The van der Waals surface area contributed by atoms with E-state index in [1.165, 1.54) is 0 Å². The van der Waals surface area contributed by atoms with Gasteiger partial charge in [0.25, 0.3) is 5.91 Å². The van der Waals surface area contributed by atoms with Gasteiger partial charge >= 0.3 is 0 Å². The summed E-state index contributed by atoms with van der Waals surface area (Å²) in [6.07, 6.45) is 2.50. The second kappa shape index (κ2) is 9.84. The van der Waals surface area contributed by atoms with E-state index in [1.54, 1.807) is 18.3 Å². The lowest BCUT2D eigenvalue weighted by atomic mass is 10.2. The van der Waals surface area contributed by atoms with Gasteiger partial charge in [-0.25, -0.2) is 5.43 Å². The Labute approximate surface area is 156 Å². The number of halogens is 1. The molecule has 0 aromatic heterocycles. The number of hydrogen-bond donors (Lipinski definition) is 1. The van der Waals surface area contributed by atoms with Gasteiger partial charge in [0.1, 0.15) is 0 Å². The highest BCUT2D eigenvalue weighted by molar-refractivity contribution is 9.10. The smallest absolute Gasteiger partial charge is 0.271 e. The van der Waals surface area contributed by atoms with Gasteiger partial charge in [0.05, 0.1) is 19.4 Å². The number of carbonyl (C=O) groups excluding carboxylic acids is 1. The Morgan fingerprint density at radius 1 is 1.12 bits per heavy atom. The molecule has 2 rings (SSSR count). The van der Waals surface area contributed by atoms with E-state index in [1.807, 2.05) is 37.3 Å².